The molecule has 0 spiro atoms. The van der Waals surface area contributed by atoms with Crippen molar-refractivity contribution < 1.29 is 18.4 Å². The molecule has 6 nitrogen and oxygen atoms in total. The number of aromatic nitrogens is 2. The third-order valence-corrected chi connectivity index (χ3v) is 3.89. The van der Waals surface area contributed by atoms with Crippen molar-refractivity contribution in [2.45, 2.75) is 13.5 Å². The predicted octanol–water partition coefficient (Wildman–Crippen LogP) is 4.17. The van der Waals surface area contributed by atoms with Crippen LogP contribution in [0.1, 0.15) is 28.8 Å². The van der Waals surface area contributed by atoms with E-state index in [4.69, 9.17) is 16.0 Å². The van der Waals surface area contributed by atoms with Crippen molar-refractivity contribution in [1.82, 2.24) is 9.78 Å². The van der Waals surface area contributed by atoms with Crippen molar-refractivity contribution in [2.24, 2.45) is 0 Å². The van der Waals surface area contributed by atoms with Gasteiger partial charge in [-0.25, -0.2) is 4.39 Å². The number of carbonyl (C=O) groups is 2. The molecule has 1 N–H and O–H groups in total. The summed E-state index contributed by atoms with van der Waals surface area (Å²) in [5.41, 5.74) is 1.10. The van der Waals surface area contributed by atoms with Crippen LogP contribution in [-0.4, -0.2) is 21.5 Å². The molecule has 2 aromatic heterocycles. The molecular weight excluding hydrogens is 373 g/mol. The molecule has 2 heterocycles. The highest BCUT2D eigenvalue weighted by Gasteiger charge is 2.08. The summed E-state index contributed by atoms with van der Waals surface area (Å²) in [6, 6.07) is 7.48. The second-order valence-corrected chi connectivity index (χ2v) is 6.15. The first kappa shape index (κ1) is 18.6. The van der Waals surface area contributed by atoms with Crippen molar-refractivity contribution >= 4 is 35.1 Å². The molecule has 0 saturated heterocycles. The van der Waals surface area contributed by atoms with Crippen LogP contribution in [-0.2, 0) is 11.3 Å². The summed E-state index contributed by atoms with van der Waals surface area (Å²) in [7, 11) is 0. The fourth-order valence-electron chi connectivity index (χ4n) is 2.30. The van der Waals surface area contributed by atoms with Crippen molar-refractivity contribution in [3.63, 3.8) is 0 Å². The van der Waals surface area contributed by atoms with Gasteiger partial charge in [0, 0.05) is 19.2 Å². The van der Waals surface area contributed by atoms with Gasteiger partial charge in [0.1, 0.15) is 11.6 Å². The van der Waals surface area contributed by atoms with Crippen LogP contribution in [0.4, 0.5) is 10.1 Å². The summed E-state index contributed by atoms with van der Waals surface area (Å²) in [5.74, 6) is -0.167. The van der Waals surface area contributed by atoms with E-state index in [1.807, 2.05) is 0 Å². The Morgan fingerprint density at radius 3 is 2.85 bits per heavy atom. The molecule has 8 heteroatoms. The van der Waals surface area contributed by atoms with Gasteiger partial charge in [0.05, 0.1) is 23.5 Å². The molecule has 0 atom stereocenters. The first-order valence-electron chi connectivity index (χ1n) is 7.97. The summed E-state index contributed by atoms with van der Waals surface area (Å²) in [5, 5.41) is 6.79. The van der Waals surface area contributed by atoms with E-state index in [9.17, 15) is 14.0 Å². The van der Waals surface area contributed by atoms with Crippen molar-refractivity contribution in [1.29, 1.82) is 0 Å². The van der Waals surface area contributed by atoms with E-state index >= 15 is 0 Å². The summed E-state index contributed by atoms with van der Waals surface area (Å²) in [6.07, 6.45) is 5.97. The zero-order valence-corrected chi connectivity index (χ0v) is 15.0. The fourth-order valence-corrected chi connectivity index (χ4v) is 2.49. The molecule has 0 radical (unpaired) electrons. The number of hydrogen-bond acceptors (Lipinski definition) is 4. The quantitative estimate of drug-likeness (QED) is 0.508. The van der Waals surface area contributed by atoms with E-state index in [1.54, 1.807) is 23.0 Å². The van der Waals surface area contributed by atoms with Crippen LogP contribution in [0, 0.1) is 5.82 Å². The van der Waals surface area contributed by atoms with Gasteiger partial charge in [0.25, 0.3) is 0 Å². The Morgan fingerprint density at radius 1 is 1.33 bits per heavy atom. The lowest BCUT2D eigenvalue weighted by Gasteiger charge is -1.99. The minimum absolute atomic E-state index is 0.00955. The van der Waals surface area contributed by atoms with Crippen molar-refractivity contribution in [2.75, 3.05) is 5.32 Å². The zero-order valence-electron chi connectivity index (χ0n) is 14.3. The van der Waals surface area contributed by atoms with Gasteiger partial charge in [-0.15, -0.1) is 0 Å². The molecule has 0 fully saturated rings. The van der Waals surface area contributed by atoms with Crippen LogP contribution in [0.2, 0.25) is 5.02 Å². The van der Waals surface area contributed by atoms with Crippen LogP contribution in [0.3, 0.4) is 0 Å². The number of Topliss-reactive ketones (excluding diaryl/α,β-unsaturated/α-hetero) is 1. The van der Waals surface area contributed by atoms with Crippen LogP contribution in [0.5, 0.6) is 0 Å². The van der Waals surface area contributed by atoms with E-state index in [0.717, 1.165) is 0 Å². The summed E-state index contributed by atoms with van der Waals surface area (Å²) >= 11 is 5.70. The van der Waals surface area contributed by atoms with Crippen LogP contribution in [0.15, 0.2) is 53.2 Å². The smallest absolute Gasteiger partial charge is 0.248 e. The van der Waals surface area contributed by atoms with E-state index < -0.39 is 5.82 Å². The number of carbonyl (C=O) groups excluding carboxylic acids is 2. The molecule has 3 aromatic rings. The summed E-state index contributed by atoms with van der Waals surface area (Å²) in [4.78, 5) is 23.2. The van der Waals surface area contributed by atoms with Gasteiger partial charge >= 0.3 is 0 Å². The van der Waals surface area contributed by atoms with Gasteiger partial charge in [-0.05, 0) is 35.9 Å². The molecule has 1 aromatic carbocycles. The number of rotatable bonds is 6. The highest BCUT2D eigenvalue weighted by molar-refractivity contribution is 6.30. The largest absolute Gasteiger partial charge is 0.456 e. The molecule has 0 aliphatic carbocycles. The summed E-state index contributed by atoms with van der Waals surface area (Å²) < 4.78 is 20.1. The van der Waals surface area contributed by atoms with Gasteiger partial charge in [-0.2, -0.15) is 5.10 Å². The Labute approximate surface area is 159 Å². The Hall–Kier alpha value is -3.19. The van der Waals surface area contributed by atoms with E-state index in [2.05, 4.69) is 10.4 Å². The van der Waals surface area contributed by atoms with Gasteiger partial charge in [-0.3, -0.25) is 14.3 Å². The SMILES string of the molecule is CC(=O)c1ccc(Cn2cc(NC(=O)C=Cc3ccc(F)c(Cl)c3)cn2)o1. The molecular formula is C19H15ClFN3O3. The molecule has 0 saturated carbocycles. The third-order valence-electron chi connectivity index (χ3n) is 3.60. The Morgan fingerprint density at radius 2 is 2.15 bits per heavy atom. The second-order valence-electron chi connectivity index (χ2n) is 5.74. The number of anilines is 1. The molecule has 0 aliphatic heterocycles. The number of ketones is 1. The summed E-state index contributed by atoms with van der Waals surface area (Å²) in [6.45, 7) is 1.75. The van der Waals surface area contributed by atoms with Crippen molar-refractivity contribution in [3.8, 4) is 0 Å². The average molecular weight is 388 g/mol. The first-order chi connectivity index (χ1) is 12.9. The number of hydrogen-bond donors (Lipinski definition) is 1. The lowest BCUT2D eigenvalue weighted by molar-refractivity contribution is -0.111. The Balaban J connectivity index is 1.59. The monoisotopic (exact) mass is 387 g/mol. The predicted molar refractivity (Wildman–Crippen MR) is 99.1 cm³/mol. The molecule has 3 rings (SSSR count). The van der Waals surface area contributed by atoms with Gasteiger partial charge < -0.3 is 9.73 Å². The minimum Gasteiger partial charge on any atom is -0.456 e. The van der Waals surface area contributed by atoms with Crippen LogP contribution in [0.25, 0.3) is 6.08 Å². The van der Waals surface area contributed by atoms with Gasteiger partial charge in [-0.1, -0.05) is 17.7 Å². The number of furan rings is 1. The maximum atomic E-state index is 13.1. The van der Waals surface area contributed by atoms with E-state index in [-0.39, 0.29) is 22.5 Å². The number of nitrogens with zero attached hydrogens (tertiary/aromatic N) is 2. The van der Waals surface area contributed by atoms with E-state index in [1.165, 1.54) is 43.5 Å². The number of amides is 1. The molecule has 138 valence electrons. The molecule has 0 unspecified atom stereocenters. The highest BCUT2D eigenvalue weighted by Crippen LogP contribution is 2.17. The number of halogens is 2. The van der Waals surface area contributed by atoms with E-state index in [0.29, 0.717) is 23.6 Å². The van der Waals surface area contributed by atoms with Crippen LogP contribution < -0.4 is 5.32 Å². The second kappa shape index (κ2) is 8.01. The molecule has 27 heavy (non-hydrogen) atoms. The number of benzene rings is 1. The maximum Gasteiger partial charge on any atom is 0.248 e. The first-order valence-corrected chi connectivity index (χ1v) is 8.35. The molecule has 0 aliphatic rings. The van der Waals surface area contributed by atoms with Crippen molar-refractivity contribution in [3.05, 3.63) is 76.7 Å². The normalized spacial score (nSPS) is 11.1. The highest BCUT2D eigenvalue weighted by atomic mass is 35.5. The minimum atomic E-state index is -0.516. The number of nitrogens with one attached hydrogen (secondary N) is 1. The molecule has 1 amide bonds. The van der Waals surface area contributed by atoms with Crippen LogP contribution >= 0.6 is 11.6 Å². The third kappa shape index (κ3) is 4.92. The van der Waals surface area contributed by atoms with Gasteiger partial charge in [0.2, 0.25) is 5.91 Å². The lowest BCUT2D eigenvalue weighted by atomic mass is 10.2. The fraction of sp³-hybridized carbons (Fsp3) is 0.105. The topological polar surface area (TPSA) is 77.1 Å². The molecule has 0 bridgehead atoms. The van der Waals surface area contributed by atoms with Gasteiger partial charge in [0.15, 0.2) is 11.5 Å². The standard InChI is InChI=1S/C19H15ClFN3O3/c1-12(25)18-6-4-15(27-18)11-24-10-14(9-22-24)23-19(26)7-3-13-2-5-17(21)16(20)8-13/h2-10H,11H2,1H3,(H,23,26). The Kier molecular flexibility index (Phi) is 5.52. The zero-order chi connectivity index (χ0) is 19.4. The maximum absolute atomic E-state index is 13.1. The lowest BCUT2D eigenvalue weighted by Crippen LogP contribution is -2.07. The Bertz CT molecular complexity index is 1020. The average Bonchev–Trinajstić information content (AvgIpc) is 3.26.